The van der Waals surface area contributed by atoms with Crippen molar-refractivity contribution >= 4 is 15.9 Å². The van der Waals surface area contributed by atoms with E-state index >= 15 is 0 Å². The minimum absolute atomic E-state index is 0.712. The van der Waals surface area contributed by atoms with Crippen LogP contribution in [0.2, 0.25) is 0 Å². The first-order chi connectivity index (χ1) is 10.1. The van der Waals surface area contributed by atoms with Crippen molar-refractivity contribution in [1.82, 2.24) is 4.90 Å². The molecule has 1 aromatic rings. The van der Waals surface area contributed by atoms with E-state index in [2.05, 4.69) is 65.9 Å². The molecule has 3 atom stereocenters. The largest absolute Gasteiger partial charge is 0.303 e. The van der Waals surface area contributed by atoms with Crippen molar-refractivity contribution in [3.63, 3.8) is 0 Å². The quantitative estimate of drug-likeness (QED) is 0.635. The van der Waals surface area contributed by atoms with Gasteiger partial charge in [-0.2, -0.15) is 0 Å². The van der Waals surface area contributed by atoms with Gasteiger partial charge in [0.15, 0.2) is 0 Å². The molecular weight excluding hydrogens is 322 g/mol. The first-order valence-electron chi connectivity index (χ1n) is 8.58. The lowest BCUT2D eigenvalue weighted by atomic mass is 9.88. The molecule has 0 bridgehead atoms. The Balaban J connectivity index is 1.79. The third-order valence-electron chi connectivity index (χ3n) is 5.26. The maximum atomic E-state index is 3.59. The van der Waals surface area contributed by atoms with E-state index in [1.165, 1.54) is 55.4 Å². The molecule has 0 amide bonds. The van der Waals surface area contributed by atoms with Gasteiger partial charge in [-0.3, -0.25) is 0 Å². The number of hydrogen-bond acceptors (Lipinski definition) is 1. The second kappa shape index (κ2) is 8.33. The van der Waals surface area contributed by atoms with Gasteiger partial charge in [0.25, 0.3) is 0 Å². The number of nitrogens with zero attached hydrogens (tertiary/aromatic N) is 1. The van der Waals surface area contributed by atoms with Crippen LogP contribution in [-0.4, -0.2) is 24.5 Å². The minimum Gasteiger partial charge on any atom is -0.303 e. The van der Waals surface area contributed by atoms with Crippen LogP contribution in [0.5, 0.6) is 0 Å². The van der Waals surface area contributed by atoms with Crippen molar-refractivity contribution in [2.45, 2.75) is 52.4 Å². The molecule has 1 nitrogen and oxygen atoms in total. The predicted molar refractivity (Wildman–Crippen MR) is 95.8 cm³/mol. The maximum absolute atomic E-state index is 3.59. The second-order valence-corrected chi connectivity index (χ2v) is 7.76. The van der Waals surface area contributed by atoms with Gasteiger partial charge in [-0.1, -0.05) is 48.8 Å². The zero-order valence-electron chi connectivity index (χ0n) is 13.8. The lowest BCUT2D eigenvalue weighted by Gasteiger charge is -2.35. The fraction of sp³-hybridized carbons (Fsp3) is 0.684. The Bertz CT molecular complexity index is 431. The normalized spacial score (nSPS) is 25.0. The lowest BCUT2D eigenvalue weighted by molar-refractivity contribution is 0.136. The molecule has 118 valence electrons. The Morgan fingerprint density at radius 2 is 2.10 bits per heavy atom. The van der Waals surface area contributed by atoms with Crippen LogP contribution in [0.3, 0.4) is 0 Å². The van der Waals surface area contributed by atoms with E-state index < -0.39 is 0 Å². The van der Waals surface area contributed by atoms with E-state index in [4.69, 9.17) is 0 Å². The smallest absolute Gasteiger partial charge is 0.0178 e. The summed E-state index contributed by atoms with van der Waals surface area (Å²) >= 11 is 3.59. The fourth-order valence-electron chi connectivity index (χ4n) is 3.48. The highest BCUT2D eigenvalue weighted by atomic mass is 79.9. The van der Waals surface area contributed by atoms with Gasteiger partial charge >= 0.3 is 0 Å². The van der Waals surface area contributed by atoms with Gasteiger partial charge in [0, 0.05) is 11.0 Å². The highest BCUT2D eigenvalue weighted by Crippen LogP contribution is 2.28. The number of hydrogen-bond donors (Lipinski definition) is 0. The minimum atomic E-state index is 0.712. The van der Waals surface area contributed by atoms with Gasteiger partial charge in [-0.05, 0) is 74.2 Å². The molecular formula is C19H30BrN. The topological polar surface area (TPSA) is 3.24 Å². The van der Waals surface area contributed by atoms with E-state index in [1.807, 2.05) is 0 Å². The van der Waals surface area contributed by atoms with Crippen LogP contribution in [-0.2, 0) is 0 Å². The number of rotatable bonds is 6. The number of likely N-dealkylation sites (tertiary alicyclic amines) is 1. The average Bonchev–Trinajstić information content (AvgIpc) is 2.47. The Morgan fingerprint density at radius 1 is 1.29 bits per heavy atom. The highest BCUT2D eigenvalue weighted by Gasteiger charge is 2.22. The average molecular weight is 352 g/mol. The summed E-state index contributed by atoms with van der Waals surface area (Å²) in [6.45, 7) is 11.0. The fourth-order valence-corrected chi connectivity index (χ4v) is 3.90. The van der Waals surface area contributed by atoms with Gasteiger partial charge in [-0.25, -0.2) is 0 Å². The van der Waals surface area contributed by atoms with Crippen molar-refractivity contribution in [2.24, 2.45) is 11.8 Å². The molecule has 2 heteroatoms. The lowest BCUT2D eigenvalue weighted by Crippen LogP contribution is -2.38. The molecule has 0 N–H and O–H groups in total. The SMILES string of the molecule is CCC(CCCN1CCC(C)C(C)C1)c1cccc(Br)c1. The Labute approximate surface area is 139 Å². The summed E-state index contributed by atoms with van der Waals surface area (Å²) in [7, 11) is 0. The number of benzene rings is 1. The van der Waals surface area contributed by atoms with Gasteiger partial charge in [0.05, 0.1) is 0 Å². The molecule has 1 aromatic carbocycles. The monoisotopic (exact) mass is 351 g/mol. The summed E-state index contributed by atoms with van der Waals surface area (Å²) in [6, 6.07) is 8.85. The summed E-state index contributed by atoms with van der Waals surface area (Å²) in [5, 5.41) is 0. The first kappa shape index (κ1) is 17.0. The molecule has 21 heavy (non-hydrogen) atoms. The molecule has 1 fully saturated rings. The van der Waals surface area contributed by atoms with Crippen LogP contribution >= 0.6 is 15.9 Å². The Hall–Kier alpha value is -0.340. The Kier molecular flexibility index (Phi) is 6.75. The molecule has 0 aromatic heterocycles. The maximum Gasteiger partial charge on any atom is 0.0178 e. The molecule has 1 heterocycles. The van der Waals surface area contributed by atoms with Crippen LogP contribution in [0.1, 0.15) is 57.9 Å². The third-order valence-corrected chi connectivity index (χ3v) is 5.75. The van der Waals surface area contributed by atoms with Crippen molar-refractivity contribution in [3.8, 4) is 0 Å². The van der Waals surface area contributed by atoms with E-state index in [1.54, 1.807) is 0 Å². The van der Waals surface area contributed by atoms with Gasteiger partial charge in [-0.15, -0.1) is 0 Å². The molecule has 1 saturated heterocycles. The van der Waals surface area contributed by atoms with E-state index in [0.29, 0.717) is 5.92 Å². The summed E-state index contributed by atoms with van der Waals surface area (Å²) in [6.07, 6.45) is 5.26. The van der Waals surface area contributed by atoms with Gasteiger partial charge in [0.2, 0.25) is 0 Å². The summed E-state index contributed by atoms with van der Waals surface area (Å²) in [5.74, 6) is 2.49. The van der Waals surface area contributed by atoms with Gasteiger partial charge < -0.3 is 4.90 Å². The molecule has 1 aliphatic heterocycles. The van der Waals surface area contributed by atoms with E-state index in [0.717, 1.165) is 11.8 Å². The van der Waals surface area contributed by atoms with Crippen molar-refractivity contribution in [1.29, 1.82) is 0 Å². The molecule has 3 unspecified atom stereocenters. The second-order valence-electron chi connectivity index (χ2n) is 6.85. The molecule has 0 aliphatic carbocycles. The zero-order valence-corrected chi connectivity index (χ0v) is 15.4. The van der Waals surface area contributed by atoms with E-state index in [9.17, 15) is 0 Å². The zero-order chi connectivity index (χ0) is 15.2. The first-order valence-corrected chi connectivity index (χ1v) is 9.37. The molecule has 1 aliphatic rings. The predicted octanol–water partition coefficient (Wildman–Crippen LogP) is 5.70. The summed E-state index contributed by atoms with van der Waals surface area (Å²) in [4.78, 5) is 2.68. The molecule has 0 radical (unpaired) electrons. The van der Waals surface area contributed by atoms with E-state index in [-0.39, 0.29) is 0 Å². The standard InChI is InChI=1S/C19H30BrN/c1-4-17(18-7-5-9-19(20)13-18)8-6-11-21-12-10-15(2)16(3)14-21/h5,7,9,13,15-17H,4,6,8,10-12,14H2,1-3H3. The molecule has 0 saturated carbocycles. The summed E-state index contributed by atoms with van der Waals surface area (Å²) < 4.78 is 1.21. The van der Waals surface area contributed by atoms with Crippen LogP contribution < -0.4 is 0 Å². The highest BCUT2D eigenvalue weighted by molar-refractivity contribution is 9.10. The summed E-state index contributed by atoms with van der Waals surface area (Å²) in [5.41, 5.74) is 1.49. The Morgan fingerprint density at radius 3 is 2.76 bits per heavy atom. The van der Waals surface area contributed by atoms with Crippen LogP contribution in [0.15, 0.2) is 28.7 Å². The van der Waals surface area contributed by atoms with Crippen LogP contribution in [0.25, 0.3) is 0 Å². The van der Waals surface area contributed by atoms with Gasteiger partial charge in [0.1, 0.15) is 0 Å². The number of piperidine rings is 1. The number of halogens is 1. The van der Waals surface area contributed by atoms with Crippen molar-refractivity contribution in [2.75, 3.05) is 19.6 Å². The van der Waals surface area contributed by atoms with Crippen molar-refractivity contribution < 1.29 is 0 Å². The third kappa shape index (κ3) is 5.10. The molecule has 0 spiro atoms. The van der Waals surface area contributed by atoms with Crippen LogP contribution in [0, 0.1) is 11.8 Å². The van der Waals surface area contributed by atoms with Crippen LogP contribution in [0.4, 0.5) is 0 Å². The van der Waals surface area contributed by atoms with Crippen molar-refractivity contribution in [3.05, 3.63) is 34.3 Å². The molecule has 2 rings (SSSR count).